The summed E-state index contributed by atoms with van der Waals surface area (Å²) in [6, 6.07) is 25.7. The molecule has 30 heavy (non-hydrogen) atoms. The highest BCUT2D eigenvalue weighted by atomic mass is 32.2. The molecule has 3 aromatic carbocycles. The number of fused-ring (bicyclic) bond motifs is 1. The summed E-state index contributed by atoms with van der Waals surface area (Å²) in [6.07, 6.45) is 0. The normalized spacial score (nSPS) is 11.2. The number of pyridine rings is 1. The molecule has 4 aromatic rings. The molecule has 0 atom stereocenters. The largest absolute Gasteiger partial charge is 0.487 e. The number of aromatic nitrogens is 1. The van der Waals surface area contributed by atoms with Crippen molar-refractivity contribution in [3.8, 4) is 5.75 Å². The Morgan fingerprint density at radius 2 is 1.63 bits per heavy atom. The minimum absolute atomic E-state index is 0.0214. The van der Waals surface area contributed by atoms with E-state index in [1.54, 1.807) is 30.3 Å². The van der Waals surface area contributed by atoms with Crippen molar-refractivity contribution in [1.82, 2.24) is 9.71 Å². The maximum Gasteiger partial charge on any atom is 0.265 e. The molecule has 0 radical (unpaired) electrons. The van der Waals surface area contributed by atoms with Gasteiger partial charge in [0, 0.05) is 10.9 Å². The van der Waals surface area contributed by atoms with Gasteiger partial charge < -0.3 is 4.74 Å². The summed E-state index contributed by atoms with van der Waals surface area (Å²) >= 11 is 0. The van der Waals surface area contributed by atoms with E-state index in [0.717, 1.165) is 16.6 Å². The molecule has 0 saturated heterocycles. The second-order valence-electron chi connectivity index (χ2n) is 6.56. The lowest BCUT2D eigenvalue weighted by molar-refractivity contribution is 0.0981. The molecule has 7 heteroatoms. The number of hydrogen-bond donors (Lipinski definition) is 1. The molecule has 1 heterocycles. The maximum atomic E-state index is 12.4. The van der Waals surface area contributed by atoms with Crippen molar-refractivity contribution in [2.24, 2.45) is 0 Å². The first-order valence-electron chi connectivity index (χ1n) is 9.21. The first-order chi connectivity index (χ1) is 14.5. The van der Waals surface area contributed by atoms with Crippen molar-refractivity contribution in [3.63, 3.8) is 0 Å². The quantitative estimate of drug-likeness (QED) is 0.513. The molecule has 0 saturated carbocycles. The van der Waals surface area contributed by atoms with Crippen molar-refractivity contribution in [2.75, 3.05) is 0 Å². The third-order valence-corrected chi connectivity index (χ3v) is 5.77. The molecule has 0 unspecified atom stereocenters. The molecule has 1 N–H and O–H groups in total. The Bertz CT molecular complexity index is 1310. The van der Waals surface area contributed by atoms with E-state index in [2.05, 4.69) is 9.71 Å². The molecule has 1 amide bonds. The topological polar surface area (TPSA) is 85.4 Å². The predicted molar refractivity (Wildman–Crippen MR) is 114 cm³/mol. The molecule has 6 nitrogen and oxygen atoms in total. The molecular weight excluding hydrogens is 400 g/mol. The van der Waals surface area contributed by atoms with Crippen LogP contribution in [0, 0.1) is 0 Å². The lowest BCUT2D eigenvalue weighted by atomic mass is 10.2. The van der Waals surface area contributed by atoms with Crippen LogP contribution in [0.5, 0.6) is 5.75 Å². The average molecular weight is 418 g/mol. The number of sulfonamides is 1. The van der Waals surface area contributed by atoms with Crippen LogP contribution < -0.4 is 9.46 Å². The minimum Gasteiger partial charge on any atom is -0.487 e. The SMILES string of the molecule is O=C(NS(=O)(=O)c1ccccc1)c1cccc(OCc2ccc3ccccc3n2)c1. The summed E-state index contributed by atoms with van der Waals surface area (Å²) in [4.78, 5) is 17.0. The van der Waals surface area contributed by atoms with Gasteiger partial charge in [-0.05, 0) is 42.5 Å². The number of ether oxygens (including phenoxy) is 1. The van der Waals surface area contributed by atoms with Gasteiger partial charge in [0.15, 0.2) is 0 Å². The number of carbonyl (C=O) groups is 1. The number of nitrogens with zero attached hydrogens (tertiary/aromatic N) is 1. The van der Waals surface area contributed by atoms with E-state index < -0.39 is 15.9 Å². The molecule has 0 aliphatic rings. The van der Waals surface area contributed by atoms with Crippen LogP contribution >= 0.6 is 0 Å². The number of rotatable bonds is 6. The summed E-state index contributed by atoms with van der Waals surface area (Å²) in [5, 5.41) is 1.04. The second kappa shape index (κ2) is 8.34. The highest BCUT2D eigenvalue weighted by molar-refractivity contribution is 7.90. The summed E-state index contributed by atoms with van der Waals surface area (Å²) in [5.41, 5.74) is 1.80. The van der Waals surface area contributed by atoms with E-state index in [1.807, 2.05) is 36.4 Å². The fourth-order valence-electron chi connectivity index (χ4n) is 2.91. The standard InChI is InChI=1S/C23H18N2O4S/c26-23(25-30(27,28)21-10-2-1-3-11-21)18-8-6-9-20(15-18)29-16-19-14-13-17-7-4-5-12-22(17)24-19/h1-15H,16H2,(H,25,26). The van der Waals surface area contributed by atoms with Crippen LogP contribution in [0.15, 0.2) is 95.9 Å². The smallest absolute Gasteiger partial charge is 0.265 e. The van der Waals surface area contributed by atoms with Gasteiger partial charge in [0.2, 0.25) is 0 Å². The second-order valence-corrected chi connectivity index (χ2v) is 8.24. The number of carbonyl (C=O) groups excluding carboxylic acids is 1. The third kappa shape index (κ3) is 4.47. The zero-order valence-corrected chi connectivity index (χ0v) is 16.7. The fourth-order valence-corrected chi connectivity index (χ4v) is 3.91. The molecule has 0 aliphatic carbocycles. The first-order valence-corrected chi connectivity index (χ1v) is 10.7. The van der Waals surface area contributed by atoms with E-state index in [0.29, 0.717) is 5.75 Å². The van der Waals surface area contributed by atoms with Crippen molar-refractivity contribution in [1.29, 1.82) is 0 Å². The van der Waals surface area contributed by atoms with Crippen molar-refractivity contribution in [3.05, 3.63) is 102 Å². The Kier molecular flexibility index (Phi) is 5.45. The van der Waals surface area contributed by atoms with Gasteiger partial charge >= 0.3 is 0 Å². The zero-order chi connectivity index (χ0) is 21.0. The number of amides is 1. The Morgan fingerprint density at radius 1 is 0.867 bits per heavy atom. The van der Waals surface area contributed by atoms with Gasteiger partial charge in [0.05, 0.1) is 16.1 Å². The maximum absolute atomic E-state index is 12.4. The number of para-hydroxylation sites is 1. The van der Waals surface area contributed by atoms with Gasteiger partial charge in [0.25, 0.3) is 15.9 Å². The molecular formula is C23H18N2O4S. The Balaban J connectivity index is 1.46. The molecule has 0 spiro atoms. The van der Waals surface area contributed by atoms with E-state index in [4.69, 9.17) is 4.74 Å². The number of nitrogens with one attached hydrogen (secondary N) is 1. The lowest BCUT2D eigenvalue weighted by Crippen LogP contribution is -2.30. The average Bonchev–Trinajstić information content (AvgIpc) is 2.78. The Hall–Kier alpha value is -3.71. The summed E-state index contributed by atoms with van der Waals surface area (Å²) in [7, 11) is -3.95. The van der Waals surface area contributed by atoms with Crippen LogP contribution in [0.25, 0.3) is 10.9 Å². The van der Waals surface area contributed by atoms with Gasteiger partial charge in [-0.3, -0.25) is 4.79 Å². The third-order valence-electron chi connectivity index (χ3n) is 4.42. The molecule has 4 rings (SSSR count). The molecule has 0 fully saturated rings. The van der Waals surface area contributed by atoms with Crippen molar-refractivity contribution in [2.45, 2.75) is 11.5 Å². The summed E-state index contributed by atoms with van der Waals surface area (Å²) in [6.45, 7) is 0.220. The Morgan fingerprint density at radius 3 is 2.47 bits per heavy atom. The van der Waals surface area contributed by atoms with Gasteiger partial charge in [0.1, 0.15) is 12.4 Å². The Labute approximate surface area is 174 Å². The molecule has 0 bridgehead atoms. The highest BCUT2D eigenvalue weighted by Gasteiger charge is 2.18. The van der Waals surface area contributed by atoms with E-state index in [-0.39, 0.29) is 17.1 Å². The van der Waals surface area contributed by atoms with Crippen LogP contribution in [-0.4, -0.2) is 19.3 Å². The minimum atomic E-state index is -3.95. The molecule has 150 valence electrons. The van der Waals surface area contributed by atoms with Gasteiger partial charge in [-0.1, -0.05) is 48.5 Å². The van der Waals surface area contributed by atoms with E-state index in [1.165, 1.54) is 24.3 Å². The highest BCUT2D eigenvalue weighted by Crippen LogP contribution is 2.17. The van der Waals surface area contributed by atoms with Crippen LogP contribution in [0.2, 0.25) is 0 Å². The zero-order valence-electron chi connectivity index (χ0n) is 15.9. The van der Waals surface area contributed by atoms with E-state index in [9.17, 15) is 13.2 Å². The first kappa shape index (κ1) is 19.6. The fraction of sp³-hybridized carbons (Fsp3) is 0.0435. The summed E-state index contributed by atoms with van der Waals surface area (Å²) in [5.74, 6) is -0.289. The monoisotopic (exact) mass is 418 g/mol. The van der Waals surface area contributed by atoms with E-state index >= 15 is 0 Å². The van der Waals surface area contributed by atoms with Crippen LogP contribution in [-0.2, 0) is 16.6 Å². The molecule has 1 aromatic heterocycles. The van der Waals surface area contributed by atoms with Crippen LogP contribution in [0.1, 0.15) is 16.1 Å². The number of hydrogen-bond acceptors (Lipinski definition) is 5. The van der Waals surface area contributed by atoms with Gasteiger partial charge in [-0.2, -0.15) is 0 Å². The van der Waals surface area contributed by atoms with Crippen LogP contribution in [0.4, 0.5) is 0 Å². The number of benzene rings is 3. The lowest BCUT2D eigenvalue weighted by Gasteiger charge is -2.10. The molecule has 0 aliphatic heterocycles. The van der Waals surface area contributed by atoms with Gasteiger partial charge in [-0.15, -0.1) is 0 Å². The summed E-state index contributed by atoms with van der Waals surface area (Å²) < 4.78 is 32.5. The predicted octanol–water partition coefficient (Wildman–Crippen LogP) is 3.93. The van der Waals surface area contributed by atoms with Gasteiger partial charge in [-0.25, -0.2) is 18.1 Å². The van der Waals surface area contributed by atoms with Crippen molar-refractivity contribution >= 4 is 26.8 Å². The van der Waals surface area contributed by atoms with Crippen molar-refractivity contribution < 1.29 is 17.9 Å². The van der Waals surface area contributed by atoms with Crippen LogP contribution in [0.3, 0.4) is 0 Å².